The Morgan fingerprint density at radius 3 is 2.32 bits per heavy atom. The van der Waals surface area contributed by atoms with Crippen molar-refractivity contribution in [2.24, 2.45) is 4.99 Å². The number of ketones is 1. The average Bonchev–Trinajstić information content (AvgIpc) is 2.55. The first kappa shape index (κ1) is 14.1. The molecule has 2 heterocycles. The maximum atomic E-state index is 12.7. The number of aliphatic imine (C=N–C) groups is 1. The molecule has 0 saturated carbocycles. The van der Waals surface area contributed by atoms with Crippen LogP contribution in [0.1, 0.15) is 15.9 Å². The zero-order chi connectivity index (χ0) is 15.7. The standard InChI is InChI=1S/C17H16N2O3/c1-19-6-4-11(5-7-19)16-17(20)13-9-15(22-3)14(21-2)8-12(13)10-18-16/h4-10H,1-3H3. The Balaban J connectivity index is 2.09. The van der Waals surface area contributed by atoms with E-state index >= 15 is 0 Å². The summed E-state index contributed by atoms with van der Waals surface area (Å²) in [6.07, 6.45) is 9.19. The van der Waals surface area contributed by atoms with Crippen molar-refractivity contribution in [3.8, 4) is 11.5 Å². The summed E-state index contributed by atoms with van der Waals surface area (Å²) in [4.78, 5) is 18.9. The van der Waals surface area contributed by atoms with E-state index in [1.54, 1.807) is 32.6 Å². The number of hydrogen-bond donors (Lipinski definition) is 0. The fraction of sp³-hybridized carbons (Fsp3) is 0.176. The van der Waals surface area contributed by atoms with E-state index in [0.717, 1.165) is 11.1 Å². The Morgan fingerprint density at radius 2 is 1.68 bits per heavy atom. The summed E-state index contributed by atoms with van der Waals surface area (Å²) < 4.78 is 10.5. The van der Waals surface area contributed by atoms with Gasteiger partial charge in [0, 0.05) is 42.4 Å². The van der Waals surface area contributed by atoms with Gasteiger partial charge in [-0.25, -0.2) is 0 Å². The number of nitrogens with zero attached hydrogens (tertiary/aromatic N) is 2. The van der Waals surface area contributed by atoms with Crippen LogP contribution in [-0.2, 0) is 0 Å². The number of carbonyl (C=O) groups excluding carboxylic acids is 1. The average molecular weight is 296 g/mol. The maximum absolute atomic E-state index is 12.7. The van der Waals surface area contributed by atoms with E-state index in [1.165, 1.54) is 0 Å². The van der Waals surface area contributed by atoms with Gasteiger partial charge in [-0.2, -0.15) is 0 Å². The fourth-order valence-corrected chi connectivity index (χ4v) is 2.38. The molecule has 0 aromatic heterocycles. The van der Waals surface area contributed by atoms with Crippen molar-refractivity contribution in [3.05, 3.63) is 59.1 Å². The molecule has 1 aromatic carbocycles. The Kier molecular flexibility index (Phi) is 3.55. The highest BCUT2D eigenvalue weighted by Crippen LogP contribution is 2.33. The molecule has 0 radical (unpaired) electrons. The number of hydrogen-bond acceptors (Lipinski definition) is 5. The van der Waals surface area contributed by atoms with Gasteiger partial charge in [0.1, 0.15) is 5.70 Å². The molecular formula is C17H16N2O3. The van der Waals surface area contributed by atoms with Gasteiger partial charge < -0.3 is 14.4 Å². The molecule has 3 rings (SSSR count). The van der Waals surface area contributed by atoms with Crippen molar-refractivity contribution >= 4 is 12.0 Å². The lowest BCUT2D eigenvalue weighted by Crippen LogP contribution is -2.14. The molecule has 2 aliphatic heterocycles. The van der Waals surface area contributed by atoms with Gasteiger partial charge >= 0.3 is 0 Å². The third kappa shape index (κ3) is 2.30. The van der Waals surface area contributed by atoms with E-state index in [9.17, 15) is 4.79 Å². The minimum Gasteiger partial charge on any atom is -0.493 e. The summed E-state index contributed by atoms with van der Waals surface area (Å²) >= 11 is 0. The van der Waals surface area contributed by atoms with Crippen LogP contribution in [0, 0.1) is 0 Å². The van der Waals surface area contributed by atoms with Crippen LogP contribution in [0.5, 0.6) is 11.5 Å². The number of fused-ring (bicyclic) bond motifs is 1. The van der Waals surface area contributed by atoms with Crippen LogP contribution in [-0.4, -0.2) is 38.2 Å². The molecule has 2 aliphatic rings. The summed E-state index contributed by atoms with van der Waals surface area (Å²) in [6, 6.07) is 3.46. The zero-order valence-electron chi connectivity index (χ0n) is 12.7. The summed E-state index contributed by atoms with van der Waals surface area (Å²) in [5, 5.41) is 0. The molecule has 0 aliphatic carbocycles. The maximum Gasteiger partial charge on any atom is 0.212 e. The lowest BCUT2D eigenvalue weighted by atomic mass is 9.96. The topological polar surface area (TPSA) is 51.1 Å². The highest BCUT2D eigenvalue weighted by Gasteiger charge is 2.24. The summed E-state index contributed by atoms with van der Waals surface area (Å²) in [7, 11) is 5.04. The lowest BCUT2D eigenvalue weighted by Gasteiger charge is -2.18. The van der Waals surface area contributed by atoms with Crippen molar-refractivity contribution in [2.75, 3.05) is 21.3 Å². The fourth-order valence-electron chi connectivity index (χ4n) is 2.38. The zero-order valence-corrected chi connectivity index (χ0v) is 12.7. The molecular weight excluding hydrogens is 280 g/mol. The number of carbonyl (C=O) groups is 1. The molecule has 0 atom stereocenters. The van der Waals surface area contributed by atoms with Gasteiger partial charge in [-0.05, 0) is 24.3 Å². The first-order valence-corrected chi connectivity index (χ1v) is 6.81. The van der Waals surface area contributed by atoms with Crippen LogP contribution >= 0.6 is 0 Å². The summed E-state index contributed by atoms with van der Waals surface area (Å²) in [5.74, 6) is 0.992. The van der Waals surface area contributed by atoms with E-state index in [1.807, 2.05) is 36.5 Å². The van der Waals surface area contributed by atoms with E-state index in [0.29, 0.717) is 22.8 Å². The van der Waals surface area contributed by atoms with Crippen LogP contribution in [0.4, 0.5) is 0 Å². The largest absolute Gasteiger partial charge is 0.493 e. The van der Waals surface area contributed by atoms with Crippen LogP contribution in [0.15, 0.2) is 52.9 Å². The van der Waals surface area contributed by atoms with Crippen molar-refractivity contribution in [3.63, 3.8) is 0 Å². The van der Waals surface area contributed by atoms with Gasteiger partial charge in [-0.3, -0.25) is 9.79 Å². The molecule has 22 heavy (non-hydrogen) atoms. The first-order valence-electron chi connectivity index (χ1n) is 6.81. The van der Waals surface area contributed by atoms with Gasteiger partial charge in [-0.1, -0.05) is 0 Å². The van der Waals surface area contributed by atoms with Gasteiger partial charge in [0.15, 0.2) is 11.5 Å². The highest BCUT2D eigenvalue weighted by molar-refractivity contribution is 6.17. The predicted octanol–water partition coefficient (Wildman–Crippen LogP) is 2.55. The second-order valence-electron chi connectivity index (χ2n) is 4.98. The summed E-state index contributed by atoms with van der Waals surface area (Å²) in [5.41, 5.74) is 2.52. The van der Waals surface area contributed by atoms with Crippen LogP contribution in [0.2, 0.25) is 0 Å². The third-order valence-corrected chi connectivity index (χ3v) is 3.60. The molecule has 0 fully saturated rings. The number of methoxy groups -OCH3 is 2. The number of benzene rings is 1. The lowest BCUT2D eigenvalue weighted by molar-refractivity contribution is 0.103. The molecule has 0 N–H and O–H groups in total. The van der Waals surface area contributed by atoms with Crippen LogP contribution in [0.3, 0.4) is 0 Å². The molecule has 0 spiro atoms. The second-order valence-corrected chi connectivity index (χ2v) is 4.98. The molecule has 112 valence electrons. The first-order chi connectivity index (χ1) is 10.6. The molecule has 0 saturated heterocycles. The minimum absolute atomic E-state index is 0.118. The second kappa shape index (κ2) is 5.52. The number of rotatable bonds is 2. The predicted molar refractivity (Wildman–Crippen MR) is 84.5 cm³/mol. The monoisotopic (exact) mass is 296 g/mol. The number of ether oxygens (including phenoxy) is 2. The summed E-state index contributed by atoms with van der Waals surface area (Å²) in [6.45, 7) is 0. The Hall–Kier alpha value is -2.82. The minimum atomic E-state index is -0.118. The van der Waals surface area contributed by atoms with Gasteiger partial charge in [0.2, 0.25) is 5.78 Å². The van der Waals surface area contributed by atoms with Crippen LogP contribution < -0.4 is 9.47 Å². The van der Waals surface area contributed by atoms with Gasteiger partial charge in [0.25, 0.3) is 0 Å². The molecule has 0 bridgehead atoms. The number of allylic oxidation sites excluding steroid dienone is 4. The van der Waals surface area contributed by atoms with Crippen molar-refractivity contribution in [1.29, 1.82) is 0 Å². The van der Waals surface area contributed by atoms with E-state index in [-0.39, 0.29) is 5.78 Å². The van der Waals surface area contributed by atoms with E-state index in [2.05, 4.69) is 4.99 Å². The van der Waals surface area contributed by atoms with Gasteiger partial charge in [-0.15, -0.1) is 0 Å². The Bertz CT molecular complexity index is 741. The molecule has 5 heteroatoms. The van der Waals surface area contributed by atoms with E-state index < -0.39 is 0 Å². The third-order valence-electron chi connectivity index (χ3n) is 3.60. The van der Waals surface area contributed by atoms with E-state index in [4.69, 9.17) is 9.47 Å². The molecule has 0 amide bonds. The molecule has 5 nitrogen and oxygen atoms in total. The Morgan fingerprint density at radius 1 is 1.05 bits per heavy atom. The SMILES string of the molecule is COc1cc2c(cc1OC)C(=O)C(=C1C=CN(C)C=C1)N=C2. The van der Waals surface area contributed by atoms with Crippen molar-refractivity contribution in [2.45, 2.75) is 0 Å². The number of Topliss-reactive ketones (excluding diaryl/α,β-unsaturated/α-hetero) is 1. The molecule has 0 unspecified atom stereocenters. The quantitative estimate of drug-likeness (QED) is 0.787. The smallest absolute Gasteiger partial charge is 0.212 e. The highest BCUT2D eigenvalue weighted by atomic mass is 16.5. The van der Waals surface area contributed by atoms with Gasteiger partial charge in [0.05, 0.1) is 14.2 Å². The Labute approximate surface area is 128 Å². The van der Waals surface area contributed by atoms with Crippen LogP contribution in [0.25, 0.3) is 0 Å². The van der Waals surface area contributed by atoms with Crippen molar-refractivity contribution < 1.29 is 14.3 Å². The van der Waals surface area contributed by atoms with Crippen molar-refractivity contribution in [1.82, 2.24) is 4.90 Å². The molecule has 1 aromatic rings. The normalized spacial score (nSPS) is 16.1.